The molecule has 1 aromatic rings. The zero-order chi connectivity index (χ0) is 15.6. The maximum absolute atomic E-state index is 14.0. The Morgan fingerprint density at radius 3 is 2.77 bits per heavy atom. The quantitative estimate of drug-likeness (QED) is 0.680. The van der Waals surface area contributed by atoms with Crippen molar-refractivity contribution in [2.45, 2.75) is 25.8 Å². The predicted molar refractivity (Wildman–Crippen MR) is 82.6 cm³/mol. The van der Waals surface area contributed by atoms with Crippen molar-refractivity contribution in [1.82, 2.24) is 4.90 Å². The van der Waals surface area contributed by atoms with Gasteiger partial charge in [-0.1, -0.05) is 6.92 Å². The summed E-state index contributed by atoms with van der Waals surface area (Å²) in [6, 6.07) is 2.96. The highest BCUT2D eigenvalue weighted by Gasteiger charge is 2.32. The van der Waals surface area contributed by atoms with Crippen molar-refractivity contribution < 1.29 is 14.1 Å². The van der Waals surface area contributed by atoms with Gasteiger partial charge < -0.3 is 10.6 Å². The van der Waals surface area contributed by atoms with E-state index in [0.29, 0.717) is 13.1 Å². The van der Waals surface area contributed by atoms with Gasteiger partial charge in [0.25, 0.3) is 11.6 Å². The third kappa shape index (κ3) is 3.53. The van der Waals surface area contributed by atoms with Gasteiger partial charge in [0.05, 0.1) is 16.6 Å². The Kier molecular flexibility index (Phi) is 6.25. The summed E-state index contributed by atoms with van der Waals surface area (Å²) in [6.45, 7) is 2.87. The van der Waals surface area contributed by atoms with E-state index in [1.165, 1.54) is 6.07 Å². The minimum atomic E-state index is -0.872. The molecule has 1 heterocycles. The molecule has 2 atom stereocenters. The molecule has 122 valence electrons. The Bertz CT molecular complexity index is 570. The maximum Gasteiger partial charge on any atom is 0.272 e. The van der Waals surface area contributed by atoms with E-state index in [0.717, 1.165) is 25.0 Å². The Morgan fingerprint density at radius 1 is 1.55 bits per heavy atom. The van der Waals surface area contributed by atoms with Gasteiger partial charge in [-0.25, -0.2) is 4.39 Å². The monoisotopic (exact) mass is 331 g/mol. The lowest BCUT2D eigenvalue weighted by Crippen LogP contribution is -2.51. The molecule has 2 rings (SSSR count). The van der Waals surface area contributed by atoms with Crippen LogP contribution in [0.2, 0.25) is 0 Å². The van der Waals surface area contributed by atoms with Gasteiger partial charge in [-0.3, -0.25) is 14.9 Å². The maximum atomic E-state index is 14.0. The van der Waals surface area contributed by atoms with Gasteiger partial charge in [0.15, 0.2) is 0 Å². The van der Waals surface area contributed by atoms with E-state index in [4.69, 9.17) is 5.73 Å². The number of carbonyl (C=O) groups excluding carboxylic acids is 1. The van der Waals surface area contributed by atoms with Gasteiger partial charge in [0.1, 0.15) is 5.82 Å². The van der Waals surface area contributed by atoms with E-state index < -0.39 is 16.6 Å². The summed E-state index contributed by atoms with van der Waals surface area (Å²) in [7, 11) is 0. The number of hydrogen-bond acceptors (Lipinski definition) is 4. The molecule has 0 spiro atoms. The average Bonchev–Trinajstić information content (AvgIpc) is 2.46. The number of piperidine rings is 1. The molecular formula is C14H19ClFN3O3. The summed E-state index contributed by atoms with van der Waals surface area (Å²) in [5.74, 6) is -1.07. The molecule has 6 nitrogen and oxygen atoms in total. The summed E-state index contributed by atoms with van der Waals surface area (Å²) < 4.78 is 14.0. The van der Waals surface area contributed by atoms with Crippen LogP contribution in [0.15, 0.2) is 18.2 Å². The van der Waals surface area contributed by atoms with E-state index >= 15 is 0 Å². The molecule has 1 saturated heterocycles. The number of hydrogen-bond donors (Lipinski definition) is 1. The summed E-state index contributed by atoms with van der Waals surface area (Å²) in [6.07, 6.45) is 1.83. The average molecular weight is 332 g/mol. The molecule has 0 bridgehead atoms. The van der Waals surface area contributed by atoms with Crippen LogP contribution < -0.4 is 5.73 Å². The van der Waals surface area contributed by atoms with Crippen LogP contribution in [0.25, 0.3) is 0 Å². The molecule has 0 radical (unpaired) electrons. The zero-order valence-electron chi connectivity index (χ0n) is 12.2. The number of nitrogens with two attached hydrogens (primary N) is 1. The van der Waals surface area contributed by atoms with Crippen LogP contribution in [0, 0.1) is 21.8 Å². The number of nitro groups is 1. The molecule has 1 aliphatic rings. The van der Waals surface area contributed by atoms with Crippen LogP contribution in [-0.2, 0) is 0 Å². The first-order valence-electron chi connectivity index (χ1n) is 6.90. The van der Waals surface area contributed by atoms with Gasteiger partial charge in [-0.15, -0.1) is 12.4 Å². The fourth-order valence-corrected chi connectivity index (χ4v) is 2.81. The normalized spacial score (nSPS) is 21.1. The minimum Gasteiger partial charge on any atom is -0.334 e. The number of non-ortho nitro benzene ring substituents is 1. The van der Waals surface area contributed by atoms with Crippen LogP contribution in [-0.4, -0.2) is 34.9 Å². The second-order valence-corrected chi connectivity index (χ2v) is 5.34. The first-order valence-corrected chi connectivity index (χ1v) is 6.90. The van der Waals surface area contributed by atoms with Gasteiger partial charge in [-0.05, 0) is 24.8 Å². The Morgan fingerprint density at radius 2 is 2.23 bits per heavy atom. The van der Waals surface area contributed by atoms with E-state index in [-0.39, 0.29) is 35.6 Å². The molecule has 0 saturated carbocycles. The lowest BCUT2D eigenvalue weighted by Gasteiger charge is -2.39. The third-order valence-corrected chi connectivity index (χ3v) is 4.01. The molecule has 22 heavy (non-hydrogen) atoms. The van der Waals surface area contributed by atoms with Crippen molar-refractivity contribution in [2.24, 2.45) is 11.7 Å². The van der Waals surface area contributed by atoms with Gasteiger partial charge in [0.2, 0.25) is 0 Å². The molecule has 1 amide bonds. The highest BCUT2D eigenvalue weighted by molar-refractivity contribution is 5.95. The molecule has 1 fully saturated rings. The molecule has 1 aromatic carbocycles. The summed E-state index contributed by atoms with van der Waals surface area (Å²) in [5, 5.41) is 10.6. The Hall–Kier alpha value is -1.73. The first-order chi connectivity index (χ1) is 9.95. The lowest BCUT2D eigenvalue weighted by atomic mass is 9.90. The summed E-state index contributed by atoms with van der Waals surface area (Å²) in [5.41, 5.74) is 5.21. The standard InChI is InChI=1S/C14H18FN3O3.ClH/c1-9-3-2-6-17(13(9)8-16)14(19)11-5-4-10(18(20)21)7-12(11)15;/h4-5,7,9,13H,2-3,6,8,16H2,1H3;1H. The number of benzene rings is 1. The predicted octanol–water partition coefficient (Wildman–Crippen LogP) is 2.36. The summed E-state index contributed by atoms with van der Waals surface area (Å²) >= 11 is 0. The molecular weight excluding hydrogens is 313 g/mol. The van der Waals surface area contributed by atoms with Crippen molar-refractivity contribution in [3.8, 4) is 0 Å². The van der Waals surface area contributed by atoms with Crippen molar-refractivity contribution in [3.63, 3.8) is 0 Å². The van der Waals surface area contributed by atoms with Gasteiger partial charge in [0, 0.05) is 25.2 Å². The number of nitro benzene ring substituents is 1. The zero-order valence-corrected chi connectivity index (χ0v) is 13.0. The molecule has 0 aromatic heterocycles. The molecule has 2 unspecified atom stereocenters. The fraction of sp³-hybridized carbons (Fsp3) is 0.500. The van der Waals surface area contributed by atoms with E-state index in [1.54, 1.807) is 4.90 Å². The number of carbonyl (C=O) groups is 1. The number of amides is 1. The van der Waals surface area contributed by atoms with Crippen molar-refractivity contribution in [1.29, 1.82) is 0 Å². The summed E-state index contributed by atoms with van der Waals surface area (Å²) in [4.78, 5) is 24.0. The Labute approximate surface area is 134 Å². The number of nitrogens with zero attached hydrogens (tertiary/aromatic N) is 2. The SMILES string of the molecule is CC1CCCN(C(=O)c2ccc([N+](=O)[O-])cc2F)C1CN.Cl. The first kappa shape index (κ1) is 18.3. The second kappa shape index (κ2) is 7.51. The number of rotatable bonds is 3. The Balaban J connectivity index is 0.00000242. The van der Waals surface area contributed by atoms with Crippen molar-refractivity contribution >= 4 is 24.0 Å². The van der Waals surface area contributed by atoms with Gasteiger partial charge >= 0.3 is 0 Å². The van der Waals surface area contributed by atoms with Crippen LogP contribution in [0.5, 0.6) is 0 Å². The van der Waals surface area contributed by atoms with E-state index in [1.807, 2.05) is 6.92 Å². The molecule has 0 aliphatic carbocycles. The lowest BCUT2D eigenvalue weighted by molar-refractivity contribution is -0.385. The highest BCUT2D eigenvalue weighted by Crippen LogP contribution is 2.26. The number of likely N-dealkylation sites (tertiary alicyclic amines) is 1. The third-order valence-electron chi connectivity index (χ3n) is 4.01. The minimum absolute atomic E-state index is 0. The topological polar surface area (TPSA) is 89.5 Å². The van der Waals surface area contributed by atoms with Gasteiger partial charge in [-0.2, -0.15) is 0 Å². The molecule has 8 heteroatoms. The second-order valence-electron chi connectivity index (χ2n) is 5.34. The van der Waals surface area contributed by atoms with E-state index in [2.05, 4.69) is 0 Å². The van der Waals surface area contributed by atoms with Crippen LogP contribution in [0.3, 0.4) is 0 Å². The fourth-order valence-electron chi connectivity index (χ4n) is 2.81. The smallest absolute Gasteiger partial charge is 0.272 e. The van der Waals surface area contributed by atoms with Crippen LogP contribution >= 0.6 is 12.4 Å². The van der Waals surface area contributed by atoms with E-state index in [9.17, 15) is 19.3 Å². The van der Waals surface area contributed by atoms with Crippen LogP contribution in [0.4, 0.5) is 10.1 Å². The van der Waals surface area contributed by atoms with Crippen molar-refractivity contribution in [3.05, 3.63) is 39.7 Å². The number of halogens is 2. The molecule has 1 aliphatic heterocycles. The highest BCUT2D eigenvalue weighted by atomic mass is 35.5. The van der Waals surface area contributed by atoms with Crippen molar-refractivity contribution in [2.75, 3.05) is 13.1 Å². The largest absolute Gasteiger partial charge is 0.334 e. The molecule has 2 N–H and O–H groups in total. The van der Waals surface area contributed by atoms with Crippen LogP contribution in [0.1, 0.15) is 30.1 Å².